The Morgan fingerprint density at radius 1 is 0.810 bits per heavy atom. The van der Waals surface area contributed by atoms with Crippen LogP contribution in [0.3, 0.4) is 0 Å². The molecule has 3 aromatic carbocycles. The normalized spacial score (nSPS) is 15.9. The molecule has 1 N–H and O–H groups in total. The molecular formula is C46H61N3O6S2Si. The van der Waals surface area contributed by atoms with Crippen molar-refractivity contribution >= 4 is 41.7 Å². The van der Waals surface area contributed by atoms with E-state index in [0.29, 0.717) is 39.0 Å². The highest BCUT2D eigenvalue weighted by atomic mass is 33.1. The van der Waals surface area contributed by atoms with E-state index >= 15 is 0 Å². The highest BCUT2D eigenvalue weighted by molar-refractivity contribution is 8.76. The summed E-state index contributed by atoms with van der Waals surface area (Å²) in [5, 5.41) is 4.02. The summed E-state index contributed by atoms with van der Waals surface area (Å²) in [6.07, 6.45) is 5.69. The molecule has 4 aromatic rings. The Bertz CT molecular complexity index is 1810. The van der Waals surface area contributed by atoms with Gasteiger partial charge in [-0.05, 0) is 101 Å². The molecule has 1 aliphatic rings. The highest BCUT2D eigenvalue weighted by Crippen LogP contribution is 2.43. The summed E-state index contributed by atoms with van der Waals surface area (Å²) in [5.74, 6) is 2.39. The highest BCUT2D eigenvalue weighted by Gasteiger charge is 2.45. The summed E-state index contributed by atoms with van der Waals surface area (Å²) < 4.78 is 25.4. The van der Waals surface area contributed by atoms with Gasteiger partial charge in [0.1, 0.15) is 22.1 Å². The predicted molar refractivity (Wildman–Crippen MR) is 239 cm³/mol. The SMILES string of the molecule is COc1ccc(C(OC[C@@H]2C[C@@H](O[Si](C)(C)C(C)(C)C)CN2C(=O)CCCCCNC(=O)CCSSc2ccccn2)(c2ccccc2)c2ccc(OC)cc2)cc1. The maximum Gasteiger partial charge on any atom is 0.222 e. The molecular weight excluding hydrogens is 783 g/mol. The Morgan fingerprint density at radius 2 is 1.43 bits per heavy atom. The third kappa shape index (κ3) is 12.1. The van der Waals surface area contributed by atoms with Gasteiger partial charge in [0.15, 0.2) is 8.32 Å². The molecule has 0 bridgehead atoms. The van der Waals surface area contributed by atoms with Crippen molar-refractivity contribution in [3.05, 3.63) is 120 Å². The smallest absolute Gasteiger partial charge is 0.222 e. The second-order valence-electron chi connectivity index (χ2n) is 16.2. The molecule has 1 aromatic heterocycles. The molecule has 2 heterocycles. The van der Waals surface area contributed by atoms with Gasteiger partial charge in [0.05, 0.1) is 33.0 Å². The molecule has 0 radical (unpaired) electrons. The number of carbonyl (C=O) groups is 2. The largest absolute Gasteiger partial charge is 0.497 e. The van der Waals surface area contributed by atoms with Crippen molar-refractivity contribution in [1.82, 2.24) is 15.2 Å². The Morgan fingerprint density at radius 3 is 2.02 bits per heavy atom. The zero-order valence-corrected chi connectivity index (χ0v) is 37.8. The number of amides is 2. The van der Waals surface area contributed by atoms with Crippen LogP contribution in [0.1, 0.15) is 76.0 Å². The minimum atomic E-state index is -2.12. The fraction of sp³-hybridized carbons (Fsp3) is 0.457. The Labute approximate surface area is 354 Å². The molecule has 5 rings (SSSR count). The monoisotopic (exact) mass is 843 g/mol. The molecule has 0 spiro atoms. The van der Waals surface area contributed by atoms with E-state index < -0.39 is 13.9 Å². The Balaban J connectivity index is 1.27. The quantitative estimate of drug-likeness (QED) is 0.0381. The Kier molecular flexibility index (Phi) is 16.7. The number of nitrogens with zero attached hydrogens (tertiary/aromatic N) is 2. The average molecular weight is 844 g/mol. The number of unbranched alkanes of at least 4 members (excludes halogenated alkanes) is 2. The van der Waals surface area contributed by atoms with Crippen LogP contribution in [-0.4, -0.2) is 81.8 Å². The van der Waals surface area contributed by atoms with Crippen molar-refractivity contribution in [2.24, 2.45) is 0 Å². The summed E-state index contributed by atoms with van der Waals surface area (Å²) in [7, 11) is 4.43. The summed E-state index contributed by atoms with van der Waals surface area (Å²) in [6.45, 7) is 12.7. The van der Waals surface area contributed by atoms with Crippen LogP contribution in [0.4, 0.5) is 0 Å². The molecule has 0 saturated carbocycles. The summed E-state index contributed by atoms with van der Waals surface area (Å²) >= 11 is 0. The van der Waals surface area contributed by atoms with E-state index in [2.05, 4.69) is 80.6 Å². The number of pyridine rings is 1. The standard InChI is InChI=1S/C46H61N3O6S2Si/c1-45(2,3)58(6,7)55-41-32-38(49(33-41)44(51)19-12-9-14-29-47-42(50)28-31-56-57-43-18-13-15-30-48-43)34-54-46(35-16-10-8-11-17-35,36-20-24-39(52-4)25-21-36)37-22-26-40(53-5)27-23-37/h8,10-11,13,15-18,20-27,30,38,41H,9,12,14,19,28-29,31-34H2,1-7H3,(H,47,50)/t38-,41+/m0/s1. The van der Waals surface area contributed by atoms with Crippen LogP contribution < -0.4 is 14.8 Å². The summed E-state index contributed by atoms with van der Waals surface area (Å²) in [5.41, 5.74) is 1.88. The molecule has 0 aliphatic carbocycles. The molecule has 1 fully saturated rings. The molecule has 312 valence electrons. The van der Waals surface area contributed by atoms with E-state index in [1.807, 2.05) is 65.6 Å². The second-order valence-corrected chi connectivity index (χ2v) is 23.4. The van der Waals surface area contributed by atoms with Crippen molar-refractivity contribution in [3.63, 3.8) is 0 Å². The molecule has 2 amide bonds. The van der Waals surface area contributed by atoms with Crippen LogP contribution in [0.15, 0.2) is 108 Å². The number of hydrogen-bond acceptors (Lipinski definition) is 9. The first-order valence-corrected chi connectivity index (χ1v) is 25.5. The lowest BCUT2D eigenvalue weighted by molar-refractivity contribution is -0.134. The van der Waals surface area contributed by atoms with Crippen molar-refractivity contribution in [1.29, 1.82) is 0 Å². The molecule has 58 heavy (non-hydrogen) atoms. The molecule has 2 atom stereocenters. The van der Waals surface area contributed by atoms with E-state index in [1.165, 1.54) is 0 Å². The van der Waals surface area contributed by atoms with Crippen LogP contribution >= 0.6 is 21.6 Å². The maximum atomic E-state index is 14.1. The number of rotatable bonds is 21. The van der Waals surface area contributed by atoms with Gasteiger partial charge < -0.3 is 28.9 Å². The van der Waals surface area contributed by atoms with Crippen molar-refractivity contribution in [2.75, 3.05) is 39.7 Å². The van der Waals surface area contributed by atoms with Crippen LogP contribution in [0, 0.1) is 0 Å². The van der Waals surface area contributed by atoms with E-state index in [9.17, 15) is 9.59 Å². The van der Waals surface area contributed by atoms with E-state index in [1.54, 1.807) is 42.0 Å². The summed E-state index contributed by atoms with van der Waals surface area (Å²) in [6, 6.07) is 32.0. The van der Waals surface area contributed by atoms with Gasteiger partial charge in [-0.25, -0.2) is 4.98 Å². The van der Waals surface area contributed by atoms with Crippen LogP contribution in [0.2, 0.25) is 18.1 Å². The lowest BCUT2D eigenvalue weighted by Gasteiger charge is -2.38. The van der Waals surface area contributed by atoms with E-state index in [4.69, 9.17) is 18.6 Å². The van der Waals surface area contributed by atoms with Crippen LogP contribution in [0.25, 0.3) is 0 Å². The number of methoxy groups -OCH3 is 2. The lowest BCUT2D eigenvalue weighted by atomic mass is 9.80. The minimum Gasteiger partial charge on any atom is -0.497 e. The number of likely N-dealkylation sites (tertiary alicyclic amines) is 1. The third-order valence-corrected chi connectivity index (χ3v) is 18.0. The fourth-order valence-corrected chi connectivity index (χ4v) is 10.2. The molecule has 1 saturated heterocycles. The van der Waals surface area contributed by atoms with Crippen molar-refractivity contribution in [2.45, 2.75) is 100 Å². The molecule has 12 heteroatoms. The van der Waals surface area contributed by atoms with Gasteiger partial charge in [0, 0.05) is 37.9 Å². The molecule has 1 aliphatic heterocycles. The van der Waals surface area contributed by atoms with Gasteiger partial charge in [-0.15, -0.1) is 0 Å². The first-order valence-electron chi connectivity index (χ1n) is 20.3. The average Bonchev–Trinajstić information content (AvgIpc) is 3.63. The topological polar surface area (TPSA) is 99.2 Å². The lowest BCUT2D eigenvalue weighted by Crippen LogP contribution is -2.45. The zero-order chi connectivity index (χ0) is 41.6. The first kappa shape index (κ1) is 45.3. The van der Waals surface area contributed by atoms with E-state index in [-0.39, 0.29) is 29.0 Å². The number of hydrogen-bond donors (Lipinski definition) is 1. The molecule has 0 unspecified atom stereocenters. The number of ether oxygens (including phenoxy) is 3. The maximum absolute atomic E-state index is 14.1. The van der Waals surface area contributed by atoms with Crippen LogP contribution in [0.5, 0.6) is 11.5 Å². The predicted octanol–water partition coefficient (Wildman–Crippen LogP) is 9.91. The first-order chi connectivity index (χ1) is 27.9. The Hall–Kier alpha value is -3.81. The minimum absolute atomic E-state index is 0.0362. The fourth-order valence-electron chi connectivity index (χ4n) is 6.98. The number of carbonyl (C=O) groups excluding carboxylic acids is 2. The van der Waals surface area contributed by atoms with Gasteiger partial charge in [-0.1, -0.05) is 98.6 Å². The van der Waals surface area contributed by atoms with Gasteiger partial charge in [-0.2, -0.15) is 0 Å². The van der Waals surface area contributed by atoms with Crippen molar-refractivity contribution in [3.8, 4) is 11.5 Å². The van der Waals surface area contributed by atoms with Gasteiger partial charge >= 0.3 is 0 Å². The summed E-state index contributed by atoms with van der Waals surface area (Å²) in [4.78, 5) is 32.9. The number of nitrogens with one attached hydrogen (secondary N) is 1. The number of aromatic nitrogens is 1. The van der Waals surface area contributed by atoms with Gasteiger partial charge in [-0.3, -0.25) is 9.59 Å². The van der Waals surface area contributed by atoms with E-state index in [0.717, 1.165) is 58.2 Å². The number of benzene rings is 3. The zero-order valence-electron chi connectivity index (χ0n) is 35.2. The molecule has 9 nitrogen and oxygen atoms in total. The van der Waals surface area contributed by atoms with Crippen molar-refractivity contribution < 1.29 is 28.2 Å². The van der Waals surface area contributed by atoms with Crippen LogP contribution in [-0.2, 0) is 24.4 Å². The second kappa shape index (κ2) is 21.4. The van der Waals surface area contributed by atoms with Gasteiger partial charge in [0.2, 0.25) is 11.8 Å². The van der Waals surface area contributed by atoms with Gasteiger partial charge in [0.25, 0.3) is 0 Å². The third-order valence-electron chi connectivity index (χ3n) is 11.2.